The first-order valence-corrected chi connectivity index (χ1v) is 10.1. The normalized spacial score (nSPS) is 11.7. The molecular formula is C24H32N2O2. The summed E-state index contributed by atoms with van der Waals surface area (Å²) < 4.78 is 0. The van der Waals surface area contributed by atoms with Crippen molar-refractivity contribution in [3.05, 3.63) is 70.8 Å². The summed E-state index contributed by atoms with van der Waals surface area (Å²) >= 11 is 0. The van der Waals surface area contributed by atoms with E-state index >= 15 is 0 Å². The first-order valence-electron chi connectivity index (χ1n) is 10.1. The number of amides is 2. The van der Waals surface area contributed by atoms with Crippen LogP contribution in [0.3, 0.4) is 0 Å². The van der Waals surface area contributed by atoms with Crippen molar-refractivity contribution in [1.29, 1.82) is 0 Å². The molecule has 2 rings (SSSR count). The lowest BCUT2D eigenvalue weighted by molar-refractivity contribution is -0.140. The molecule has 2 aromatic rings. The van der Waals surface area contributed by atoms with E-state index in [2.05, 4.69) is 36.5 Å². The Labute approximate surface area is 169 Å². The third-order valence-electron chi connectivity index (χ3n) is 5.07. The van der Waals surface area contributed by atoms with Gasteiger partial charge in [-0.2, -0.15) is 0 Å². The Morgan fingerprint density at radius 1 is 1.04 bits per heavy atom. The molecule has 0 bridgehead atoms. The number of nitrogens with one attached hydrogen (secondary N) is 1. The van der Waals surface area contributed by atoms with Crippen molar-refractivity contribution in [2.75, 3.05) is 6.54 Å². The van der Waals surface area contributed by atoms with Crippen LogP contribution in [0.25, 0.3) is 0 Å². The number of aryl methyl sites for hydroxylation is 3. The Hall–Kier alpha value is -2.62. The van der Waals surface area contributed by atoms with E-state index in [0.717, 1.165) is 23.1 Å². The number of nitrogens with zero attached hydrogens (tertiary/aromatic N) is 1. The third kappa shape index (κ3) is 6.22. The Morgan fingerprint density at radius 3 is 2.36 bits per heavy atom. The Kier molecular flexibility index (Phi) is 8.24. The minimum Gasteiger partial charge on any atom is -0.354 e. The number of carbonyl (C=O) groups excluding carboxylic acids is 2. The predicted octanol–water partition coefficient (Wildman–Crippen LogP) is 4.18. The average molecular weight is 381 g/mol. The Bertz CT molecular complexity index is 783. The third-order valence-corrected chi connectivity index (χ3v) is 5.07. The minimum atomic E-state index is -0.503. The van der Waals surface area contributed by atoms with Crippen LogP contribution in [0.5, 0.6) is 0 Å². The summed E-state index contributed by atoms with van der Waals surface area (Å²) in [6.07, 6.45) is 1.94. The first-order chi connectivity index (χ1) is 13.4. The molecular weight excluding hydrogens is 348 g/mol. The van der Waals surface area contributed by atoms with Crippen molar-refractivity contribution in [1.82, 2.24) is 10.2 Å². The van der Waals surface area contributed by atoms with Gasteiger partial charge in [0.1, 0.15) is 6.04 Å². The van der Waals surface area contributed by atoms with Crippen LogP contribution < -0.4 is 5.32 Å². The van der Waals surface area contributed by atoms with Crippen molar-refractivity contribution >= 4 is 11.8 Å². The summed E-state index contributed by atoms with van der Waals surface area (Å²) in [7, 11) is 0. The van der Waals surface area contributed by atoms with Crippen molar-refractivity contribution < 1.29 is 9.59 Å². The molecule has 0 aliphatic carbocycles. The maximum atomic E-state index is 13.1. The highest BCUT2D eigenvalue weighted by molar-refractivity contribution is 5.87. The SMILES string of the molecule is CCCNC(=O)[C@@H](C)N(Cc1ccccc1C)C(=O)CCc1ccc(C)cc1. The van der Waals surface area contributed by atoms with Crippen LogP contribution in [0.1, 0.15) is 48.9 Å². The number of hydrogen-bond acceptors (Lipinski definition) is 2. The van der Waals surface area contributed by atoms with Crippen LogP contribution in [0.4, 0.5) is 0 Å². The molecule has 0 radical (unpaired) electrons. The second kappa shape index (κ2) is 10.6. The quantitative estimate of drug-likeness (QED) is 0.709. The molecule has 150 valence electrons. The first kappa shape index (κ1) is 21.7. The molecule has 0 saturated carbocycles. The zero-order chi connectivity index (χ0) is 20.5. The van der Waals surface area contributed by atoms with Crippen LogP contribution >= 0.6 is 0 Å². The Morgan fingerprint density at radius 2 is 1.71 bits per heavy atom. The maximum absolute atomic E-state index is 13.1. The van der Waals surface area contributed by atoms with E-state index in [1.54, 1.807) is 4.90 Å². The summed E-state index contributed by atoms with van der Waals surface area (Å²) in [5.74, 6) is -0.0953. The van der Waals surface area contributed by atoms with Gasteiger partial charge in [-0.25, -0.2) is 0 Å². The highest BCUT2D eigenvalue weighted by atomic mass is 16.2. The van der Waals surface area contributed by atoms with E-state index in [0.29, 0.717) is 25.9 Å². The molecule has 28 heavy (non-hydrogen) atoms. The molecule has 0 aliphatic heterocycles. The molecule has 4 heteroatoms. The van der Waals surface area contributed by atoms with Crippen LogP contribution in [0.15, 0.2) is 48.5 Å². The van der Waals surface area contributed by atoms with Gasteiger partial charge in [0.05, 0.1) is 0 Å². The highest BCUT2D eigenvalue weighted by Crippen LogP contribution is 2.16. The van der Waals surface area contributed by atoms with Gasteiger partial charge in [0.25, 0.3) is 0 Å². The molecule has 0 saturated heterocycles. The number of hydrogen-bond donors (Lipinski definition) is 1. The summed E-state index contributed by atoms with van der Waals surface area (Å²) in [6, 6.07) is 15.8. The monoisotopic (exact) mass is 380 g/mol. The van der Waals surface area contributed by atoms with E-state index in [-0.39, 0.29) is 11.8 Å². The van der Waals surface area contributed by atoms with Gasteiger partial charge in [0, 0.05) is 19.5 Å². The lowest BCUT2D eigenvalue weighted by Crippen LogP contribution is -2.47. The van der Waals surface area contributed by atoms with Gasteiger partial charge in [-0.1, -0.05) is 61.0 Å². The molecule has 0 heterocycles. The van der Waals surface area contributed by atoms with E-state index in [1.165, 1.54) is 5.56 Å². The van der Waals surface area contributed by atoms with E-state index in [1.807, 2.05) is 45.0 Å². The standard InChI is InChI=1S/C24H32N2O2/c1-5-16-25-24(28)20(4)26(17-22-9-7-6-8-19(22)3)23(27)15-14-21-12-10-18(2)11-13-21/h6-13,20H,5,14-17H2,1-4H3,(H,25,28)/t20-/m1/s1. The molecule has 0 aromatic heterocycles. The zero-order valence-corrected chi connectivity index (χ0v) is 17.5. The smallest absolute Gasteiger partial charge is 0.242 e. The molecule has 1 N–H and O–H groups in total. The molecule has 4 nitrogen and oxygen atoms in total. The molecule has 2 aromatic carbocycles. The fourth-order valence-electron chi connectivity index (χ4n) is 3.10. The topological polar surface area (TPSA) is 49.4 Å². The number of carbonyl (C=O) groups is 2. The lowest BCUT2D eigenvalue weighted by Gasteiger charge is -2.29. The van der Waals surface area contributed by atoms with Gasteiger partial charge in [-0.05, 0) is 50.3 Å². The summed E-state index contributed by atoms with van der Waals surface area (Å²) in [5.41, 5.74) is 4.54. The van der Waals surface area contributed by atoms with Crippen molar-refractivity contribution in [2.24, 2.45) is 0 Å². The fourth-order valence-corrected chi connectivity index (χ4v) is 3.10. The summed E-state index contributed by atoms with van der Waals surface area (Å²) in [4.78, 5) is 27.3. The highest BCUT2D eigenvalue weighted by Gasteiger charge is 2.26. The summed E-state index contributed by atoms with van der Waals surface area (Å²) in [5, 5.41) is 2.92. The Balaban J connectivity index is 2.13. The number of rotatable bonds is 9. The second-order valence-electron chi connectivity index (χ2n) is 7.40. The second-order valence-corrected chi connectivity index (χ2v) is 7.40. The fraction of sp³-hybridized carbons (Fsp3) is 0.417. The van der Waals surface area contributed by atoms with E-state index < -0.39 is 6.04 Å². The van der Waals surface area contributed by atoms with Gasteiger partial charge in [-0.3, -0.25) is 9.59 Å². The molecule has 0 unspecified atom stereocenters. The van der Waals surface area contributed by atoms with Crippen molar-refractivity contribution in [2.45, 2.75) is 59.5 Å². The summed E-state index contributed by atoms with van der Waals surface area (Å²) in [6.45, 7) is 8.98. The zero-order valence-electron chi connectivity index (χ0n) is 17.5. The van der Waals surface area contributed by atoms with Crippen LogP contribution in [-0.4, -0.2) is 29.3 Å². The lowest BCUT2D eigenvalue weighted by atomic mass is 10.0. The molecule has 0 fully saturated rings. The predicted molar refractivity (Wildman–Crippen MR) is 114 cm³/mol. The largest absolute Gasteiger partial charge is 0.354 e. The van der Waals surface area contributed by atoms with E-state index in [4.69, 9.17) is 0 Å². The van der Waals surface area contributed by atoms with Crippen LogP contribution in [0.2, 0.25) is 0 Å². The number of benzene rings is 2. The van der Waals surface area contributed by atoms with Gasteiger partial charge >= 0.3 is 0 Å². The van der Waals surface area contributed by atoms with Crippen LogP contribution in [-0.2, 0) is 22.6 Å². The van der Waals surface area contributed by atoms with Gasteiger partial charge in [0.15, 0.2) is 0 Å². The van der Waals surface area contributed by atoms with Gasteiger partial charge in [-0.15, -0.1) is 0 Å². The average Bonchev–Trinajstić information content (AvgIpc) is 2.70. The molecule has 1 atom stereocenters. The van der Waals surface area contributed by atoms with Crippen molar-refractivity contribution in [3.63, 3.8) is 0 Å². The van der Waals surface area contributed by atoms with Crippen molar-refractivity contribution in [3.8, 4) is 0 Å². The maximum Gasteiger partial charge on any atom is 0.242 e. The molecule has 2 amide bonds. The molecule has 0 spiro atoms. The molecule has 0 aliphatic rings. The van der Waals surface area contributed by atoms with Gasteiger partial charge in [0.2, 0.25) is 11.8 Å². The minimum absolute atomic E-state index is 0.00276. The van der Waals surface area contributed by atoms with E-state index in [9.17, 15) is 9.59 Å². The van der Waals surface area contributed by atoms with Crippen LogP contribution in [0, 0.1) is 13.8 Å². The van der Waals surface area contributed by atoms with Gasteiger partial charge < -0.3 is 10.2 Å².